The van der Waals surface area contributed by atoms with Crippen molar-refractivity contribution in [2.24, 2.45) is 0 Å². The Bertz CT molecular complexity index is 506. The average Bonchev–Trinajstić information content (AvgIpc) is 2.83. The second-order valence-electron chi connectivity index (χ2n) is 3.05. The lowest BCUT2D eigenvalue weighted by Gasteiger charge is -1.99. The Morgan fingerprint density at radius 3 is 2.94 bits per heavy atom. The van der Waals surface area contributed by atoms with Crippen molar-refractivity contribution in [3.05, 3.63) is 38.7 Å². The highest BCUT2D eigenvalue weighted by atomic mass is 79.9. The first-order chi connectivity index (χ1) is 7.65. The van der Waals surface area contributed by atoms with Crippen LogP contribution in [0, 0.1) is 0 Å². The first-order valence-electron chi connectivity index (χ1n) is 4.45. The summed E-state index contributed by atoms with van der Waals surface area (Å²) in [5, 5.41) is 13.7. The summed E-state index contributed by atoms with van der Waals surface area (Å²) in [6.07, 6.45) is 0. The molecule has 0 amide bonds. The van der Waals surface area contributed by atoms with E-state index in [1.54, 1.807) is 17.4 Å². The molecule has 0 aliphatic rings. The third kappa shape index (κ3) is 2.65. The molecule has 2 N–H and O–H groups in total. The molecule has 84 valence electrons. The topological polar surface area (TPSA) is 62.5 Å². The lowest BCUT2D eigenvalue weighted by molar-refractivity contribution is 0.0663. The molecule has 0 bridgehead atoms. The van der Waals surface area contributed by atoms with Crippen molar-refractivity contribution in [1.82, 2.24) is 0 Å². The van der Waals surface area contributed by atoms with E-state index in [9.17, 15) is 4.79 Å². The predicted octanol–water partition coefficient (Wildman–Crippen LogP) is 3.41. The minimum atomic E-state index is -1.06. The number of nitrogens with one attached hydrogen (secondary N) is 1. The van der Waals surface area contributed by atoms with Gasteiger partial charge in [0.1, 0.15) is 0 Å². The number of furan rings is 1. The van der Waals surface area contributed by atoms with Crippen LogP contribution < -0.4 is 5.32 Å². The van der Waals surface area contributed by atoms with Crippen LogP contribution in [0.3, 0.4) is 0 Å². The van der Waals surface area contributed by atoms with Gasteiger partial charge in [0, 0.05) is 20.8 Å². The van der Waals surface area contributed by atoms with Crippen LogP contribution in [-0.2, 0) is 6.54 Å². The van der Waals surface area contributed by atoms with Gasteiger partial charge in [-0.15, -0.1) is 11.3 Å². The highest BCUT2D eigenvalue weighted by Crippen LogP contribution is 2.21. The van der Waals surface area contributed by atoms with Crippen LogP contribution in [0.25, 0.3) is 0 Å². The summed E-state index contributed by atoms with van der Waals surface area (Å²) in [4.78, 5) is 11.7. The van der Waals surface area contributed by atoms with Crippen molar-refractivity contribution in [3.63, 3.8) is 0 Å². The predicted molar refractivity (Wildman–Crippen MR) is 65.0 cm³/mol. The number of hydrogen-bond donors (Lipinski definition) is 2. The van der Waals surface area contributed by atoms with Crippen LogP contribution in [0.1, 0.15) is 15.4 Å². The zero-order chi connectivity index (χ0) is 11.5. The zero-order valence-corrected chi connectivity index (χ0v) is 10.5. The van der Waals surface area contributed by atoms with Gasteiger partial charge in [-0.3, -0.25) is 0 Å². The highest BCUT2D eigenvalue weighted by Gasteiger charge is 2.08. The van der Waals surface area contributed by atoms with Gasteiger partial charge in [0.15, 0.2) is 5.88 Å². The fraction of sp³-hybridized carbons (Fsp3) is 0.100. The maximum atomic E-state index is 10.6. The normalized spacial score (nSPS) is 10.3. The molecule has 4 nitrogen and oxygen atoms in total. The molecule has 0 unspecified atom stereocenters. The Morgan fingerprint density at radius 2 is 2.38 bits per heavy atom. The third-order valence-corrected chi connectivity index (χ3v) is 3.57. The van der Waals surface area contributed by atoms with Crippen molar-refractivity contribution in [2.45, 2.75) is 6.54 Å². The van der Waals surface area contributed by atoms with Crippen molar-refractivity contribution in [3.8, 4) is 0 Å². The van der Waals surface area contributed by atoms with Crippen molar-refractivity contribution in [2.75, 3.05) is 5.32 Å². The molecule has 0 atom stereocenters. The molecule has 2 heterocycles. The molecule has 0 saturated heterocycles. The highest BCUT2D eigenvalue weighted by molar-refractivity contribution is 9.10. The smallest absolute Gasteiger partial charge is 0.371 e. The molecule has 16 heavy (non-hydrogen) atoms. The van der Waals surface area contributed by atoms with Gasteiger partial charge in [0.05, 0.1) is 6.54 Å². The summed E-state index contributed by atoms with van der Waals surface area (Å²) in [5.74, 6) is -0.663. The van der Waals surface area contributed by atoms with Crippen LogP contribution in [-0.4, -0.2) is 11.1 Å². The summed E-state index contributed by atoms with van der Waals surface area (Å²) in [5.41, 5.74) is 0. The average molecular weight is 302 g/mol. The molecule has 2 aromatic heterocycles. The Labute approximate surface area is 104 Å². The van der Waals surface area contributed by atoms with Crippen LogP contribution in [0.15, 0.2) is 32.5 Å². The van der Waals surface area contributed by atoms with Crippen LogP contribution in [0.2, 0.25) is 0 Å². The molecule has 0 saturated carbocycles. The molecule has 6 heteroatoms. The van der Waals surface area contributed by atoms with E-state index in [1.165, 1.54) is 6.07 Å². The number of rotatable bonds is 4. The first kappa shape index (κ1) is 11.2. The largest absolute Gasteiger partial charge is 0.475 e. The summed E-state index contributed by atoms with van der Waals surface area (Å²) < 4.78 is 6.10. The number of hydrogen-bond acceptors (Lipinski definition) is 4. The van der Waals surface area contributed by atoms with Gasteiger partial charge in [-0.1, -0.05) is 0 Å². The van der Waals surface area contributed by atoms with E-state index in [0.717, 1.165) is 9.35 Å². The fourth-order valence-corrected chi connectivity index (χ4v) is 2.56. The number of carbonyl (C=O) groups is 1. The van der Waals surface area contributed by atoms with Gasteiger partial charge in [-0.05, 0) is 28.1 Å². The molecule has 0 spiro atoms. The molecule has 0 fully saturated rings. The summed E-state index contributed by atoms with van der Waals surface area (Å²) in [6.45, 7) is 0.614. The Morgan fingerprint density at radius 1 is 1.56 bits per heavy atom. The summed E-state index contributed by atoms with van der Waals surface area (Å²) >= 11 is 4.98. The third-order valence-electron chi connectivity index (χ3n) is 1.88. The van der Waals surface area contributed by atoms with Crippen molar-refractivity contribution in [1.29, 1.82) is 0 Å². The fourth-order valence-electron chi connectivity index (χ4n) is 1.17. The van der Waals surface area contributed by atoms with Gasteiger partial charge >= 0.3 is 5.97 Å². The quantitative estimate of drug-likeness (QED) is 0.908. The van der Waals surface area contributed by atoms with E-state index in [2.05, 4.69) is 21.2 Å². The Hall–Kier alpha value is -1.27. The van der Waals surface area contributed by atoms with Crippen molar-refractivity contribution >= 4 is 39.1 Å². The molecule has 2 rings (SSSR count). The number of carboxylic acids is 1. The van der Waals surface area contributed by atoms with E-state index in [1.807, 2.05) is 11.4 Å². The summed E-state index contributed by atoms with van der Waals surface area (Å²) in [7, 11) is 0. The lowest BCUT2D eigenvalue weighted by atomic mass is 10.4. The zero-order valence-electron chi connectivity index (χ0n) is 8.07. The number of halogens is 1. The molecular weight excluding hydrogens is 294 g/mol. The number of anilines is 1. The molecule has 0 aromatic carbocycles. The Kier molecular flexibility index (Phi) is 3.31. The maximum Gasteiger partial charge on any atom is 0.371 e. The lowest BCUT2D eigenvalue weighted by Crippen LogP contribution is -1.96. The number of aromatic carboxylic acids is 1. The van der Waals surface area contributed by atoms with E-state index < -0.39 is 5.97 Å². The maximum absolute atomic E-state index is 10.6. The molecule has 0 aliphatic heterocycles. The van der Waals surface area contributed by atoms with E-state index in [0.29, 0.717) is 12.4 Å². The van der Waals surface area contributed by atoms with Gasteiger partial charge in [-0.2, -0.15) is 0 Å². The SMILES string of the molecule is O=C(O)c1ccc(NCc2cc(Br)cs2)o1. The Balaban J connectivity index is 1.97. The minimum Gasteiger partial charge on any atom is -0.475 e. The monoisotopic (exact) mass is 301 g/mol. The number of carboxylic acid groups (broad SMARTS) is 1. The van der Waals surface area contributed by atoms with Gasteiger partial charge in [0.25, 0.3) is 0 Å². The molecule has 0 radical (unpaired) electrons. The second-order valence-corrected chi connectivity index (χ2v) is 4.97. The minimum absolute atomic E-state index is 0.0603. The van der Waals surface area contributed by atoms with Crippen molar-refractivity contribution < 1.29 is 14.3 Å². The first-order valence-corrected chi connectivity index (χ1v) is 6.12. The molecular formula is C10H8BrNO3S. The molecule has 2 aromatic rings. The molecule has 0 aliphatic carbocycles. The van der Waals surface area contributed by atoms with E-state index >= 15 is 0 Å². The second kappa shape index (κ2) is 4.71. The van der Waals surface area contributed by atoms with E-state index in [-0.39, 0.29) is 5.76 Å². The van der Waals surface area contributed by atoms with Gasteiger partial charge < -0.3 is 14.8 Å². The van der Waals surface area contributed by atoms with E-state index in [4.69, 9.17) is 9.52 Å². The standard InChI is InChI=1S/C10H8BrNO3S/c11-6-3-7(16-5-6)4-12-9-2-1-8(15-9)10(13)14/h1-3,5,12H,4H2,(H,13,14). The van der Waals surface area contributed by atoms with Crippen LogP contribution >= 0.6 is 27.3 Å². The van der Waals surface area contributed by atoms with Crippen LogP contribution in [0.4, 0.5) is 5.88 Å². The van der Waals surface area contributed by atoms with Crippen LogP contribution in [0.5, 0.6) is 0 Å². The van der Waals surface area contributed by atoms with Gasteiger partial charge in [-0.25, -0.2) is 4.79 Å². The van der Waals surface area contributed by atoms with Gasteiger partial charge in [0.2, 0.25) is 5.76 Å². The summed E-state index contributed by atoms with van der Waals surface area (Å²) in [6, 6.07) is 5.03. The number of thiophene rings is 1.